The molecule has 0 aromatic heterocycles. The zero-order valence-corrected chi connectivity index (χ0v) is 12.7. The first-order valence-corrected chi connectivity index (χ1v) is 7.75. The topological polar surface area (TPSA) is 40.6 Å². The average molecular weight is 286 g/mol. The van der Waals surface area contributed by atoms with E-state index < -0.39 is 0 Å². The van der Waals surface area contributed by atoms with Crippen LogP contribution < -0.4 is 0 Å². The van der Waals surface area contributed by atoms with Crippen LogP contribution in [0.1, 0.15) is 38.2 Å². The van der Waals surface area contributed by atoms with Crippen LogP contribution in [0.15, 0.2) is 30.3 Å². The van der Waals surface area contributed by atoms with E-state index in [2.05, 4.69) is 19.1 Å². The van der Waals surface area contributed by atoms with Crippen LogP contribution in [0.4, 0.5) is 0 Å². The minimum atomic E-state index is -0.335. The third-order valence-electron chi connectivity index (χ3n) is 4.77. The predicted molar refractivity (Wildman–Crippen MR) is 80.8 cm³/mol. The van der Waals surface area contributed by atoms with E-state index in [0.717, 1.165) is 19.4 Å². The van der Waals surface area contributed by atoms with E-state index in [0.29, 0.717) is 6.54 Å². The van der Waals surface area contributed by atoms with Gasteiger partial charge in [0.1, 0.15) is 12.1 Å². The number of carbonyl (C=O) groups is 2. The predicted octanol–water partition coefficient (Wildman–Crippen LogP) is 2.01. The quantitative estimate of drug-likeness (QED) is 0.853. The van der Waals surface area contributed by atoms with Crippen molar-refractivity contribution in [3.8, 4) is 0 Å². The minimum Gasteiger partial charge on any atom is -0.329 e. The molecule has 2 heterocycles. The number of fused-ring (bicyclic) bond motifs is 1. The molecule has 4 heteroatoms. The second-order valence-electron chi connectivity index (χ2n) is 6.17. The number of amides is 2. The summed E-state index contributed by atoms with van der Waals surface area (Å²) in [6.07, 6.45) is 1.75. The highest BCUT2D eigenvalue weighted by molar-refractivity contribution is 5.97. The summed E-state index contributed by atoms with van der Waals surface area (Å²) in [6, 6.07) is 9.62. The standard InChI is InChI=1S/C17H22N2O2/c1-12(14-7-4-3-5-8-14)11-19-13(2)16(20)18-10-6-9-15(18)17(19)21/h3-5,7-8,12-13,15H,6,9-11H2,1-2H3. The molecule has 3 unspecified atom stereocenters. The highest BCUT2D eigenvalue weighted by Crippen LogP contribution is 2.28. The van der Waals surface area contributed by atoms with Crippen molar-refractivity contribution in [2.45, 2.75) is 44.7 Å². The van der Waals surface area contributed by atoms with Gasteiger partial charge >= 0.3 is 0 Å². The van der Waals surface area contributed by atoms with Gasteiger partial charge in [-0.25, -0.2) is 0 Å². The summed E-state index contributed by atoms with van der Waals surface area (Å²) >= 11 is 0. The lowest BCUT2D eigenvalue weighted by Crippen LogP contribution is -2.62. The molecule has 1 aromatic carbocycles. The number of hydrogen-bond donors (Lipinski definition) is 0. The van der Waals surface area contributed by atoms with Gasteiger partial charge in [-0.3, -0.25) is 9.59 Å². The first-order valence-electron chi connectivity index (χ1n) is 7.75. The van der Waals surface area contributed by atoms with Crippen molar-refractivity contribution in [2.75, 3.05) is 13.1 Å². The maximum atomic E-state index is 12.7. The van der Waals surface area contributed by atoms with E-state index in [1.807, 2.05) is 25.1 Å². The number of piperazine rings is 1. The van der Waals surface area contributed by atoms with Crippen LogP contribution >= 0.6 is 0 Å². The van der Waals surface area contributed by atoms with Crippen molar-refractivity contribution in [1.82, 2.24) is 9.80 Å². The molecule has 0 radical (unpaired) electrons. The number of hydrogen-bond acceptors (Lipinski definition) is 2. The SMILES string of the molecule is CC(CN1C(=O)C2CCCN2C(=O)C1C)c1ccccc1. The molecule has 0 saturated carbocycles. The van der Waals surface area contributed by atoms with Gasteiger partial charge in [0.15, 0.2) is 0 Å². The van der Waals surface area contributed by atoms with Gasteiger partial charge in [-0.2, -0.15) is 0 Å². The van der Waals surface area contributed by atoms with Gasteiger partial charge in [0.2, 0.25) is 11.8 Å². The van der Waals surface area contributed by atoms with Crippen LogP contribution in [0.3, 0.4) is 0 Å². The van der Waals surface area contributed by atoms with Crippen LogP contribution in [0.5, 0.6) is 0 Å². The molecule has 2 aliphatic rings. The second kappa shape index (κ2) is 5.51. The molecule has 0 bridgehead atoms. The largest absolute Gasteiger partial charge is 0.329 e. The summed E-state index contributed by atoms with van der Waals surface area (Å²) < 4.78 is 0. The summed E-state index contributed by atoms with van der Waals surface area (Å²) in [6.45, 7) is 5.31. The molecule has 4 nitrogen and oxygen atoms in total. The lowest BCUT2D eigenvalue weighted by Gasteiger charge is -2.42. The Balaban J connectivity index is 1.78. The minimum absolute atomic E-state index is 0.109. The first kappa shape index (κ1) is 14.1. The molecular weight excluding hydrogens is 264 g/mol. The van der Waals surface area contributed by atoms with E-state index in [1.165, 1.54) is 5.56 Å². The number of carbonyl (C=O) groups excluding carboxylic acids is 2. The molecule has 21 heavy (non-hydrogen) atoms. The van der Waals surface area contributed by atoms with E-state index in [-0.39, 0.29) is 29.8 Å². The Bertz CT molecular complexity index is 543. The summed E-state index contributed by atoms with van der Waals surface area (Å²) in [7, 11) is 0. The lowest BCUT2D eigenvalue weighted by molar-refractivity contribution is -0.158. The highest BCUT2D eigenvalue weighted by atomic mass is 16.2. The fraction of sp³-hybridized carbons (Fsp3) is 0.529. The molecule has 0 spiro atoms. The first-order chi connectivity index (χ1) is 10.1. The fourth-order valence-corrected chi connectivity index (χ4v) is 3.47. The van der Waals surface area contributed by atoms with Crippen LogP contribution in [0.25, 0.3) is 0 Å². The molecule has 3 rings (SSSR count). The summed E-state index contributed by atoms with van der Waals surface area (Å²) in [4.78, 5) is 28.6. The van der Waals surface area contributed by atoms with Crippen molar-refractivity contribution in [3.05, 3.63) is 35.9 Å². The van der Waals surface area contributed by atoms with Crippen LogP contribution in [0.2, 0.25) is 0 Å². The zero-order valence-electron chi connectivity index (χ0n) is 12.7. The Hall–Kier alpha value is -1.84. The normalized spacial score (nSPS) is 27.0. The van der Waals surface area contributed by atoms with Gasteiger partial charge in [-0.1, -0.05) is 37.3 Å². The maximum Gasteiger partial charge on any atom is 0.246 e. The maximum absolute atomic E-state index is 12.7. The van der Waals surface area contributed by atoms with Crippen molar-refractivity contribution >= 4 is 11.8 Å². The summed E-state index contributed by atoms with van der Waals surface area (Å²) in [5.74, 6) is 0.470. The van der Waals surface area contributed by atoms with Crippen LogP contribution in [-0.4, -0.2) is 46.8 Å². The number of nitrogens with zero attached hydrogens (tertiary/aromatic N) is 2. The van der Waals surface area contributed by atoms with Crippen molar-refractivity contribution in [1.29, 1.82) is 0 Å². The number of rotatable bonds is 3. The fourth-order valence-electron chi connectivity index (χ4n) is 3.47. The molecular formula is C17H22N2O2. The Morgan fingerprint density at radius 2 is 1.90 bits per heavy atom. The Morgan fingerprint density at radius 3 is 2.62 bits per heavy atom. The zero-order chi connectivity index (χ0) is 15.0. The van der Waals surface area contributed by atoms with Gasteiger partial charge in [-0.05, 0) is 31.2 Å². The van der Waals surface area contributed by atoms with E-state index >= 15 is 0 Å². The van der Waals surface area contributed by atoms with Crippen molar-refractivity contribution in [3.63, 3.8) is 0 Å². The second-order valence-corrected chi connectivity index (χ2v) is 6.17. The average Bonchev–Trinajstić information content (AvgIpc) is 3.00. The molecule has 2 amide bonds. The molecule has 0 N–H and O–H groups in total. The smallest absolute Gasteiger partial charge is 0.246 e. The summed E-state index contributed by atoms with van der Waals surface area (Å²) in [5, 5.41) is 0. The molecule has 1 aromatic rings. The van der Waals surface area contributed by atoms with E-state index in [1.54, 1.807) is 9.80 Å². The van der Waals surface area contributed by atoms with Crippen LogP contribution in [-0.2, 0) is 9.59 Å². The Morgan fingerprint density at radius 1 is 1.19 bits per heavy atom. The molecule has 2 aliphatic heterocycles. The van der Waals surface area contributed by atoms with Crippen molar-refractivity contribution < 1.29 is 9.59 Å². The number of benzene rings is 1. The van der Waals surface area contributed by atoms with Crippen molar-refractivity contribution in [2.24, 2.45) is 0 Å². The molecule has 112 valence electrons. The van der Waals surface area contributed by atoms with Crippen LogP contribution in [0, 0.1) is 0 Å². The van der Waals surface area contributed by atoms with Gasteiger partial charge in [-0.15, -0.1) is 0 Å². The van der Waals surface area contributed by atoms with Gasteiger partial charge in [0, 0.05) is 13.1 Å². The molecule has 2 fully saturated rings. The van der Waals surface area contributed by atoms with Gasteiger partial charge in [0.05, 0.1) is 0 Å². The van der Waals surface area contributed by atoms with E-state index in [4.69, 9.17) is 0 Å². The third-order valence-corrected chi connectivity index (χ3v) is 4.77. The van der Waals surface area contributed by atoms with Gasteiger partial charge in [0.25, 0.3) is 0 Å². The monoisotopic (exact) mass is 286 g/mol. The van der Waals surface area contributed by atoms with E-state index in [9.17, 15) is 9.59 Å². The van der Waals surface area contributed by atoms with Gasteiger partial charge < -0.3 is 9.80 Å². The molecule has 2 saturated heterocycles. The highest BCUT2D eigenvalue weighted by Gasteiger charge is 2.46. The Kier molecular flexibility index (Phi) is 3.70. The third kappa shape index (κ3) is 2.43. The molecule has 0 aliphatic carbocycles. The Labute approximate surface area is 125 Å². The lowest BCUT2D eigenvalue weighted by atomic mass is 9.98. The summed E-state index contributed by atoms with van der Waals surface area (Å²) in [5.41, 5.74) is 1.21. The molecule has 3 atom stereocenters.